The van der Waals surface area contributed by atoms with E-state index >= 15 is 0 Å². The van der Waals surface area contributed by atoms with Crippen LogP contribution < -0.4 is 4.74 Å². The lowest BCUT2D eigenvalue weighted by molar-refractivity contribution is -0.139. The number of hydrogen-bond donors (Lipinski definition) is 1. The summed E-state index contributed by atoms with van der Waals surface area (Å²) in [6, 6.07) is 13.3. The molecule has 0 unspecified atom stereocenters. The molecule has 0 bridgehead atoms. The maximum Gasteiger partial charge on any atom is 0.341 e. The average Bonchev–Trinajstić information content (AvgIpc) is 2.58. The van der Waals surface area contributed by atoms with Crippen molar-refractivity contribution in [1.82, 2.24) is 0 Å². The van der Waals surface area contributed by atoms with Crippen molar-refractivity contribution < 1.29 is 23.1 Å². The van der Waals surface area contributed by atoms with Gasteiger partial charge >= 0.3 is 5.97 Å². The lowest BCUT2D eigenvalue weighted by Crippen LogP contribution is -2.09. The molecule has 134 valence electrons. The lowest BCUT2D eigenvalue weighted by Gasteiger charge is -2.07. The Morgan fingerprint density at radius 2 is 1.80 bits per heavy atom. The van der Waals surface area contributed by atoms with E-state index < -0.39 is 15.8 Å². The van der Waals surface area contributed by atoms with Crippen LogP contribution in [0.4, 0.5) is 0 Å². The summed E-state index contributed by atoms with van der Waals surface area (Å²) in [4.78, 5) is 10.8. The van der Waals surface area contributed by atoms with Gasteiger partial charge in [-0.05, 0) is 61.2 Å². The highest BCUT2D eigenvalue weighted by Crippen LogP contribution is 2.18. The molecule has 2 aromatic rings. The van der Waals surface area contributed by atoms with E-state index in [1.165, 1.54) is 12.1 Å². The standard InChI is InChI=1S/C18H19ClO5S/c19-15-7-9-17(10-8-15)25(22,23)11-2-1-4-14-5-3-6-16(12-14)24-13-18(20)21/h3,5-10,12H,1-2,4,11,13H2,(H,20,21). The van der Waals surface area contributed by atoms with E-state index in [1.807, 2.05) is 6.07 Å². The first-order valence-electron chi connectivity index (χ1n) is 7.79. The average molecular weight is 383 g/mol. The quantitative estimate of drug-likeness (QED) is 0.670. The minimum atomic E-state index is -3.31. The highest BCUT2D eigenvalue weighted by Gasteiger charge is 2.13. The Morgan fingerprint density at radius 1 is 1.08 bits per heavy atom. The summed E-state index contributed by atoms with van der Waals surface area (Å²) in [5.74, 6) is -0.462. The van der Waals surface area contributed by atoms with E-state index in [0.717, 1.165) is 5.56 Å². The van der Waals surface area contributed by atoms with Gasteiger partial charge in [0, 0.05) is 5.02 Å². The van der Waals surface area contributed by atoms with Gasteiger partial charge in [-0.2, -0.15) is 0 Å². The zero-order valence-corrected chi connectivity index (χ0v) is 15.1. The van der Waals surface area contributed by atoms with Crippen LogP contribution in [0.15, 0.2) is 53.4 Å². The van der Waals surface area contributed by atoms with Gasteiger partial charge in [0.1, 0.15) is 5.75 Å². The molecule has 5 nitrogen and oxygen atoms in total. The second kappa shape index (κ2) is 8.87. The Kier molecular flexibility index (Phi) is 6.84. The normalized spacial score (nSPS) is 11.2. The number of benzene rings is 2. The minimum absolute atomic E-state index is 0.0733. The largest absolute Gasteiger partial charge is 0.482 e. The molecule has 0 aliphatic heterocycles. The molecule has 25 heavy (non-hydrogen) atoms. The maximum absolute atomic E-state index is 12.2. The van der Waals surface area contributed by atoms with Gasteiger partial charge in [0.25, 0.3) is 0 Å². The number of halogens is 1. The van der Waals surface area contributed by atoms with Crippen molar-refractivity contribution >= 4 is 27.4 Å². The molecule has 0 atom stereocenters. The number of carboxylic acid groups (broad SMARTS) is 1. The molecule has 0 aliphatic carbocycles. The van der Waals surface area contributed by atoms with Gasteiger partial charge in [0.15, 0.2) is 16.4 Å². The van der Waals surface area contributed by atoms with Gasteiger partial charge in [-0.15, -0.1) is 0 Å². The Labute approximate surface area is 152 Å². The SMILES string of the molecule is O=C(O)COc1cccc(CCCCS(=O)(=O)c2ccc(Cl)cc2)c1. The van der Waals surface area contributed by atoms with Crippen LogP contribution >= 0.6 is 11.6 Å². The predicted octanol–water partition coefficient (Wildman–Crippen LogP) is 3.60. The molecule has 0 spiro atoms. The van der Waals surface area contributed by atoms with Crippen molar-refractivity contribution in [2.24, 2.45) is 0 Å². The number of carbonyl (C=O) groups is 1. The minimum Gasteiger partial charge on any atom is -0.482 e. The van der Waals surface area contributed by atoms with Gasteiger partial charge in [-0.3, -0.25) is 0 Å². The first kappa shape index (κ1) is 19.3. The fraction of sp³-hybridized carbons (Fsp3) is 0.278. The highest BCUT2D eigenvalue weighted by atomic mass is 35.5. The molecule has 0 heterocycles. The zero-order valence-electron chi connectivity index (χ0n) is 13.5. The molecule has 7 heteroatoms. The second-order valence-corrected chi connectivity index (χ2v) is 8.11. The predicted molar refractivity (Wildman–Crippen MR) is 96.0 cm³/mol. The van der Waals surface area contributed by atoms with Crippen molar-refractivity contribution in [2.75, 3.05) is 12.4 Å². The van der Waals surface area contributed by atoms with Gasteiger partial charge < -0.3 is 9.84 Å². The van der Waals surface area contributed by atoms with Crippen molar-refractivity contribution in [3.8, 4) is 5.75 Å². The van der Waals surface area contributed by atoms with Crippen molar-refractivity contribution in [1.29, 1.82) is 0 Å². The molecule has 0 amide bonds. The molecule has 2 rings (SSSR count). The maximum atomic E-state index is 12.2. The van der Waals surface area contributed by atoms with E-state index in [2.05, 4.69) is 0 Å². The number of aryl methyl sites for hydroxylation is 1. The van der Waals surface area contributed by atoms with Crippen LogP contribution in [0.5, 0.6) is 5.75 Å². The molecule has 0 aliphatic rings. The Hall–Kier alpha value is -2.05. The van der Waals surface area contributed by atoms with E-state index in [1.54, 1.807) is 30.3 Å². The van der Waals surface area contributed by atoms with Crippen LogP contribution in [0.2, 0.25) is 5.02 Å². The number of carboxylic acids is 1. The van der Waals surface area contributed by atoms with Crippen LogP contribution in [-0.2, 0) is 21.1 Å². The van der Waals surface area contributed by atoms with E-state index in [-0.39, 0.29) is 17.3 Å². The first-order chi connectivity index (χ1) is 11.9. The zero-order chi connectivity index (χ0) is 18.3. The summed E-state index contributed by atoms with van der Waals surface area (Å²) in [7, 11) is -3.31. The highest BCUT2D eigenvalue weighted by molar-refractivity contribution is 7.91. The van der Waals surface area contributed by atoms with Crippen LogP contribution in [-0.4, -0.2) is 31.9 Å². The number of rotatable bonds is 9. The van der Waals surface area contributed by atoms with Crippen molar-refractivity contribution in [3.63, 3.8) is 0 Å². The fourth-order valence-electron chi connectivity index (χ4n) is 2.32. The van der Waals surface area contributed by atoms with Crippen LogP contribution in [0, 0.1) is 0 Å². The second-order valence-electron chi connectivity index (χ2n) is 5.56. The van der Waals surface area contributed by atoms with Gasteiger partial charge in [-0.25, -0.2) is 13.2 Å². The lowest BCUT2D eigenvalue weighted by atomic mass is 10.1. The summed E-state index contributed by atoms with van der Waals surface area (Å²) >= 11 is 5.77. The number of hydrogen-bond acceptors (Lipinski definition) is 4. The van der Waals surface area contributed by atoms with Crippen LogP contribution in [0.3, 0.4) is 0 Å². The molecule has 0 fully saturated rings. The molecule has 0 saturated heterocycles. The summed E-state index contributed by atoms with van der Waals surface area (Å²) in [5, 5.41) is 9.12. The molecule has 0 radical (unpaired) electrons. The summed E-state index contributed by atoms with van der Waals surface area (Å²) in [6.07, 6.45) is 1.93. The van der Waals surface area contributed by atoms with Crippen molar-refractivity contribution in [2.45, 2.75) is 24.2 Å². The summed E-state index contributed by atoms with van der Waals surface area (Å²) in [5.41, 5.74) is 0.978. The van der Waals surface area contributed by atoms with Gasteiger partial charge in [0.2, 0.25) is 0 Å². The third-order valence-corrected chi connectivity index (χ3v) is 5.63. The van der Waals surface area contributed by atoms with E-state index in [0.29, 0.717) is 30.0 Å². The molecular formula is C18H19ClO5S. The first-order valence-corrected chi connectivity index (χ1v) is 9.82. The molecule has 1 N–H and O–H groups in total. The number of ether oxygens (including phenoxy) is 1. The van der Waals surface area contributed by atoms with Gasteiger partial charge in [-0.1, -0.05) is 23.7 Å². The number of sulfone groups is 1. The molecular weight excluding hydrogens is 364 g/mol. The Bertz CT molecular complexity index is 816. The smallest absolute Gasteiger partial charge is 0.341 e. The van der Waals surface area contributed by atoms with Crippen LogP contribution in [0.25, 0.3) is 0 Å². The molecule has 2 aromatic carbocycles. The topological polar surface area (TPSA) is 80.7 Å². The third kappa shape index (κ3) is 6.40. The van der Waals surface area contributed by atoms with Crippen molar-refractivity contribution in [3.05, 3.63) is 59.1 Å². The summed E-state index contributed by atoms with van der Waals surface area (Å²) < 4.78 is 29.6. The Balaban J connectivity index is 1.83. The third-order valence-electron chi connectivity index (χ3n) is 3.56. The monoisotopic (exact) mass is 382 g/mol. The van der Waals surface area contributed by atoms with Gasteiger partial charge in [0.05, 0.1) is 10.6 Å². The molecule has 0 aromatic heterocycles. The number of unbranched alkanes of at least 4 members (excludes halogenated alkanes) is 1. The Morgan fingerprint density at radius 3 is 2.48 bits per heavy atom. The summed E-state index contributed by atoms with van der Waals surface area (Å²) in [6.45, 7) is -0.386. The van der Waals surface area contributed by atoms with Crippen LogP contribution in [0.1, 0.15) is 18.4 Å². The molecule has 0 saturated carbocycles. The fourth-order valence-corrected chi connectivity index (χ4v) is 3.81. The van der Waals surface area contributed by atoms with E-state index in [9.17, 15) is 13.2 Å². The number of aliphatic carboxylic acids is 1. The van der Waals surface area contributed by atoms with E-state index in [4.69, 9.17) is 21.4 Å².